The van der Waals surface area contributed by atoms with Crippen molar-refractivity contribution in [2.45, 2.75) is 48.5 Å². The predicted octanol–water partition coefficient (Wildman–Crippen LogP) is 5.42. The van der Waals surface area contributed by atoms with Gasteiger partial charge in [-0.3, -0.25) is 4.79 Å². The summed E-state index contributed by atoms with van der Waals surface area (Å²) in [6, 6.07) is 20.7. The molecule has 3 nitrogen and oxygen atoms in total. The van der Waals surface area contributed by atoms with E-state index in [1.54, 1.807) is 13.2 Å². The molecule has 0 bridgehead atoms. The standard InChI is InChI=1S/C23H25NO2S/c1-26-22-10-6-5-9-21(22)24-20-13-12-19(15-18(20)11-14-23(24)25)27-16-17-7-3-2-4-8-17/h2-4,7-8,11-15,21-22H,5-6,9-10,16H2,1H3/t21-,22-/m1/s1. The van der Waals surface area contributed by atoms with Crippen molar-refractivity contribution in [3.05, 3.63) is 76.6 Å². The maximum atomic E-state index is 12.7. The Kier molecular flexibility index (Phi) is 5.65. The monoisotopic (exact) mass is 379 g/mol. The molecule has 0 unspecified atom stereocenters. The van der Waals surface area contributed by atoms with Gasteiger partial charge in [-0.25, -0.2) is 0 Å². The highest BCUT2D eigenvalue weighted by Crippen LogP contribution is 2.33. The number of ether oxygens (including phenoxy) is 1. The van der Waals surface area contributed by atoms with E-state index in [4.69, 9.17) is 4.74 Å². The van der Waals surface area contributed by atoms with Gasteiger partial charge in [0.05, 0.1) is 17.7 Å². The first-order valence-electron chi connectivity index (χ1n) is 9.61. The van der Waals surface area contributed by atoms with E-state index in [2.05, 4.69) is 42.5 Å². The molecule has 27 heavy (non-hydrogen) atoms. The van der Waals surface area contributed by atoms with Gasteiger partial charge in [0, 0.05) is 23.8 Å². The number of nitrogens with zero attached hydrogens (tertiary/aromatic N) is 1. The summed E-state index contributed by atoms with van der Waals surface area (Å²) >= 11 is 1.83. The zero-order valence-corrected chi connectivity index (χ0v) is 16.5. The topological polar surface area (TPSA) is 31.2 Å². The number of rotatable bonds is 5. The average Bonchev–Trinajstić information content (AvgIpc) is 2.73. The second kappa shape index (κ2) is 8.32. The Morgan fingerprint density at radius 1 is 1.04 bits per heavy atom. The molecule has 1 heterocycles. The van der Waals surface area contributed by atoms with Crippen LogP contribution in [0.15, 0.2) is 70.4 Å². The van der Waals surface area contributed by atoms with Crippen LogP contribution in [0.3, 0.4) is 0 Å². The smallest absolute Gasteiger partial charge is 0.251 e. The molecule has 1 saturated carbocycles. The van der Waals surface area contributed by atoms with E-state index in [0.717, 1.165) is 35.9 Å². The lowest BCUT2D eigenvalue weighted by Gasteiger charge is -2.32. The van der Waals surface area contributed by atoms with Gasteiger partial charge in [0.15, 0.2) is 0 Å². The molecule has 0 radical (unpaired) electrons. The van der Waals surface area contributed by atoms with Crippen LogP contribution in [-0.2, 0) is 10.5 Å². The number of thioether (sulfide) groups is 1. The Hall–Kier alpha value is -2.04. The minimum atomic E-state index is 0.0705. The van der Waals surface area contributed by atoms with Crippen LogP contribution >= 0.6 is 11.8 Å². The van der Waals surface area contributed by atoms with Crippen LogP contribution in [0.25, 0.3) is 10.9 Å². The van der Waals surface area contributed by atoms with Crippen LogP contribution < -0.4 is 5.56 Å². The molecule has 140 valence electrons. The summed E-state index contributed by atoms with van der Waals surface area (Å²) in [5.74, 6) is 0.945. The molecule has 4 heteroatoms. The van der Waals surface area contributed by atoms with E-state index in [1.165, 1.54) is 16.9 Å². The molecule has 1 aliphatic rings. The van der Waals surface area contributed by atoms with Gasteiger partial charge in [0.2, 0.25) is 0 Å². The van der Waals surface area contributed by atoms with Crippen molar-refractivity contribution in [1.82, 2.24) is 4.57 Å². The minimum absolute atomic E-state index is 0.0705. The fourth-order valence-corrected chi connectivity index (χ4v) is 4.97. The summed E-state index contributed by atoms with van der Waals surface area (Å²) in [5, 5.41) is 1.12. The molecule has 4 rings (SSSR count). The third-order valence-electron chi connectivity index (χ3n) is 5.45. The van der Waals surface area contributed by atoms with Crippen LogP contribution in [0.4, 0.5) is 0 Å². The Morgan fingerprint density at radius 2 is 1.85 bits per heavy atom. The first kappa shape index (κ1) is 18.3. The lowest BCUT2D eigenvalue weighted by molar-refractivity contribution is 0.0293. The van der Waals surface area contributed by atoms with E-state index < -0.39 is 0 Å². The lowest BCUT2D eigenvalue weighted by atomic mass is 9.91. The van der Waals surface area contributed by atoms with Gasteiger partial charge in [0.25, 0.3) is 5.56 Å². The molecule has 1 aliphatic carbocycles. The largest absolute Gasteiger partial charge is 0.379 e. The number of pyridine rings is 1. The Morgan fingerprint density at radius 3 is 2.67 bits per heavy atom. The fourth-order valence-electron chi connectivity index (χ4n) is 4.07. The predicted molar refractivity (Wildman–Crippen MR) is 113 cm³/mol. The minimum Gasteiger partial charge on any atom is -0.379 e. The van der Waals surface area contributed by atoms with E-state index in [-0.39, 0.29) is 17.7 Å². The molecule has 0 aliphatic heterocycles. The van der Waals surface area contributed by atoms with Crippen molar-refractivity contribution < 1.29 is 4.74 Å². The van der Waals surface area contributed by atoms with E-state index in [0.29, 0.717) is 0 Å². The summed E-state index contributed by atoms with van der Waals surface area (Å²) < 4.78 is 7.68. The summed E-state index contributed by atoms with van der Waals surface area (Å²) in [5.41, 5.74) is 2.40. The third kappa shape index (κ3) is 3.97. The first-order chi connectivity index (χ1) is 13.3. The van der Waals surface area contributed by atoms with Gasteiger partial charge in [-0.1, -0.05) is 43.2 Å². The van der Waals surface area contributed by atoms with Crippen LogP contribution in [0.5, 0.6) is 0 Å². The molecule has 0 saturated heterocycles. The number of fused-ring (bicyclic) bond motifs is 1. The van der Waals surface area contributed by atoms with Gasteiger partial charge >= 0.3 is 0 Å². The number of methoxy groups -OCH3 is 1. The average molecular weight is 380 g/mol. The van der Waals surface area contributed by atoms with E-state index >= 15 is 0 Å². The maximum Gasteiger partial charge on any atom is 0.251 e. The van der Waals surface area contributed by atoms with Gasteiger partial charge in [-0.2, -0.15) is 0 Å². The van der Waals surface area contributed by atoms with Crippen LogP contribution in [0.2, 0.25) is 0 Å². The molecule has 0 amide bonds. The summed E-state index contributed by atoms with van der Waals surface area (Å²) in [7, 11) is 1.76. The van der Waals surface area contributed by atoms with Gasteiger partial charge in [0.1, 0.15) is 0 Å². The Bertz CT molecular complexity index is 967. The van der Waals surface area contributed by atoms with Crippen molar-refractivity contribution in [2.75, 3.05) is 7.11 Å². The van der Waals surface area contributed by atoms with E-state index in [9.17, 15) is 4.79 Å². The number of aromatic nitrogens is 1. The highest BCUT2D eigenvalue weighted by Gasteiger charge is 2.28. The molecule has 1 aromatic heterocycles. The highest BCUT2D eigenvalue weighted by atomic mass is 32.2. The number of hydrogen-bond donors (Lipinski definition) is 0. The molecule has 1 fully saturated rings. The first-order valence-corrected chi connectivity index (χ1v) is 10.6. The number of benzene rings is 2. The maximum absolute atomic E-state index is 12.7. The molecule has 0 N–H and O–H groups in total. The second-order valence-electron chi connectivity index (χ2n) is 7.16. The third-order valence-corrected chi connectivity index (χ3v) is 6.52. The van der Waals surface area contributed by atoms with Crippen molar-refractivity contribution in [2.24, 2.45) is 0 Å². The van der Waals surface area contributed by atoms with Crippen LogP contribution in [0, 0.1) is 0 Å². The van der Waals surface area contributed by atoms with Crippen LogP contribution in [0.1, 0.15) is 37.3 Å². The van der Waals surface area contributed by atoms with Crippen molar-refractivity contribution in [1.29, 1.82) is 0 Å². The van der Waals surface area contributed by atoms with Gasteiger partial charge in [-0.05, 0) is 48.1 Å². The second-order valence-corrected chi connectivity index (χ2v) is 8.21. The highest BCUT2D eigenvalue weighted by molar-refractivity contribution is 7.98. The fraction of sp³-hybridized carbons (Fsp3) is 0.348. The molecule has 0 spiro atoms. The molecule has 2 atom stereocenters. The molecular formula is C23H25NO2S. The van der Waals surface area contributed by atoms with Crippen molar-refractivity contribution in [3.63, 3.8) is 0 Å². The van der Waals surface area contributed by atoms with Gasteiger partial charge in [-0.15, -0.1) is 11.8 Å². The van der Waals surface area contributed by atoms with E-state index in [1.807, 2.05) is 28.5 Å². The quantitative estimate of drug-likeness (QED) is 0.554. The van der Waals surface area contributed by atoms with Crippen molar-refractivity contribution >= 4 is 22.7 Å². The zero-order valence-electron chi connectivity index (χ0n) is 15.6. The summed E-state index contributed by atoms with van der Waals surface area (Å²) in [4.78, 5) is 13.9. The van der Waals surface area contributed by atoms with Crippen LogP contribution in [-0.4, -0.2) is 17.8 Å². The normalized spacial score (nSPS) is 20.0. The molecule has 3 aromatic rings. The summed E-state index contributed by atoms with van der Waals surface area (Å²) in [6.45, 7) is 0. The SMILES string of the molecule is CO[C@@H]1CCCC[C@H]1n1c(=O)ccc2cc(SCc3ccccc3)ccc21. The molecular weight excluding hydrogens is 354 g/mol. The van der Waals surface area contributed by atoms with Gasteiger partial charge < -0.3 is 9.30 Å². The lowest BCUT2D eigenvalue weighted by Crippen LogP contribution is -2.35. The Labute approximate surface area is 164 Å². The zero-order chi connectivity index (χ0) is 18.6. The number of hydrogen-bond acceptors (Lipinski definition) is 3. The summed E-state index contributed by atoms with van der Waals surface area (Å²) in [6.07, 6.45) is 4.47. The Balaban J connectivity index is 1.65. The van der Waals surface area contributed by atoms with Crippen molar-refractivity contribution in [3.8, 4) is 0 Å². The molecule has 2 aromatic carbocycles.